The Morgan fingerprint density at radius 3 is 2.89 bits per heavy atom. The number of pyridine rings is 1. The van der Waals surface area contributed by atoms with Crippen molar-refractivity contribution in [2.75, 3.05) is 0 Å². The van der Waals surface area contributed by atoms with E-state index in [1.807, 2.05) is 6.07 Å². The molecule has 6 heteroatoms. The van der Waals surface area contributed by atoms with Gasteiger partial charge in [-0.3, -0.25) is 0 Å². The third-order valence-corrected chi connectivity index (χ3v) is 2.96. The first-order valence-electron chi connectivity index (χ1n) is 4.78. The van der Waals surface area contributed by atoms with Crippen molar-refractivity contribution in [2.45, 2.75) is 0 Å². The van der Waals surface area contributed by atoms with Crippen molar-refractivity contribution < 1.29 is 9.13 Å². The van der Waals surface area contributed by atoms with E-state index < -0.39 is 5.82 Å². The summed E-state index contributed by atoms with van der Waals surface area (Å²) in [5, 5.41) is 8.74. The molecule has 0 amide bonds. The highest BCUT2D eigenvalue weighted by atomic mass is 79.9. The summed E-state index contributed by atoms with van der Waals surface area (Å²) >= 11 is 8.82. The average molecular weight is 328 g/mol. The zero-order valence-electron chi connectivity index (χ0n) is 8.82. The second-order valence-corrected chi connectivity index (χ2v) is 4.55. The fraction of sp³-hybridized carbons (Fsp3) is 0. The zero-order valence-corrected chi connectivity index (χ0v) is 11.2. The van der Waals surface area contributed by atoms with Crippen LogP contribution in [0.1, 0.15) is 5.56 Å². The number of benzene rings is 1. The van der Waals surface area contributed by atoms with E-state index in [9.17, 15) is 4.39 Å². The van der Waals surface area contributed by atoms with Crippen LogP contribution >= 0.6 is 27.5 Å². The predicted molar refractivity (Wildman–Crippen MR) is 68.1 cm³/mol. The van der Waals surface area contributed by atoms with Gasteiger partial charge in [0.2, 0.25) is 5.88 Å². The molecule has 0 saturated carbocycles. The molecule has 0 fully saturated rings. The number of nitriles is 1. The van der Waals surface area contributed by atoms with Crippen molar-refractivity contribution in [1.29, 1.82) is 5.26 Å². The molecule has 2 rings (SSSR count). The van der Waals surface area contributed by atoms with Crippen LogP contribution < -0.4 is 4.74 Å². The van der Waals surface area contributed by atoms with Gasteiger partial charge in [-0.2, -0.15) is 5.26 Å². The summed E-state index contributed by atoms with van der Waals surface area (Å²) in [7, 11) is 0. The predicted octanol–water partition coefficient (Wildman–Crippen LogP) is 4.30. The lowest BCUT2D eigenvalue weighted by atomic mass is 10.3. The van der Waals surface area contributed by atoms with Crippen LogP contribution in [0.2, 0.25) is 5.02 Å². The average Bonchev–Trinajstić information content (AvgIpc) is 2.36. The lowest BCUT2D eigenvalue weighted by molar-refractivity contribution is 0.455. The summed E-state index contributed by atoms with van der Waals surface area (Å²) in [5.74, 6) is -0.151. The maximum absolute atomic E-state index is 13.3. The second-order valence-electron chi connectivity index (χ2n) is 3.29. The van der Waals surface area contributed by atoms with E-state index in [0.717, 1.165) is 6.07 Å². The van der Waals surface area contributed by atoms with Crippen LogP contribution in [0.5, 0.6) is 11.6 Å². The van der Waals surface area contributed by atoms with Crippen LogP contribution in [0.15, 0.2) is 34.9 Å². The van der Waals surface area contributed by atoms with Gasteiger partial charge < -0.3 is 4.74 Å². The monoisotopic (exact) mass is 326 g/mol. The summed E-state index contributed by atoms with van der Waals surface area (Å²) < 4.78 is 19.2. The Hall–Kier alpha value is -1.64. The highest BCUT2D eigenvalue weighted by Gasteiger charge is 2.09. The minimum atomic E-state index is -0.591. The number of ether oxygens (including phenoxy) is 1. The van der Waals surface area contributed by atoms with Crippen molar-refractivity contribution in [1.82, 2.24) is 4.98 Å². The summed E-state index contributed by atoms with van der Waals surface area (Å²) in [6, 6.07) is 7.50. The quantitative estimate of drug-likeness (QED) is 0.773. The molecule has 0 radical (unpaired) electrons. The third-order valence-electron chi connectivity index (χ3n) is 2.05. The van der Waals surface area contributed by atoms with Gasteiger partial charge >= 0.3 is 0 Å². The number of hydrogen-bond acceptors (Lipinski definition) is 3. The van der Waals surface area contributed by atoms with Crippen molar-refractivity contribution in [3.05, 3.63) is 51.3 Å². The van der Waals surface area contributed by atoms with E-state index in [0.29, 0.717) is 10.0 Å². The van der Waals surface area contributed by atoms with Crippen molar-refractivity contribution >= 4 is 27.5 Å². The molecule has 2 aromatic rings. The summed E-state index contributed by atoms with van der Waals surface area (Å²) in [6.45, 7) is 0. The molecule has 1 aromatic heterocycles. The Morgan fingerprint density at radius 1 is 1.39 bits per heavy atom. The molecule has 0 aliphatic heterocycles. The van der Waals surface area contributed by atoms with E-state index in [1.54, 1.807) is 6.07 Å². The molecular formula is C12H5BrClFN2O. The smallest absolute Gasteiger partial charge is 0.220 e. The van der Waals surface area contributed by atoms with E-state index in [-0.39, 0.29) is 16.7 Å². The third kappa shape index (κ3) is 2.78. The van der Waals surface area contributed by atoms with Crippen LogP contribution in [0.25, 0.3) is 0 Å². The van der Waals surface area contributed by atoms with Crippen molar-refractivity contribution in [3.63, 3.8) is 0 Å². The Bertz CT molecular complexity index is 642. The molecule has 0 aliphatic carbocycles. The minimum Gasteiger partial charge on any atom is -0.438 e. The molecule has 0 N–H and O–H groups in total. The molecule has 0 spiro atoms. The molecule has 3 nitrogen and oxygen atoms in total. The standard InChI is InChI=1S/C12H5BrClFN2O/c13-8-4-9(14)10(15)5-11(8)18-12-3-7(6-16)1-2-17-12/h1-5H. The van der Waals surface area contributed by atoms with Gasteiger partial charge in [0, 0.05) is 18.3 Å². The minimum absolute atomic E-state index is 0.00652. The highest BCUT2D eigenvalue weighted by Crippen LogP contribution is 2.33. The largest absolute Gasteiger partial charge is 0.438 e. The van der Waals surface area contributed by atoms with Crippen molar-refractivity contribution in [2.24, 2.45) is 0 Å². The van der Waals surface area contributed by atoms with Gasteiger partial charge in [0.25, 0.3) is 0 Å². The Morgan fingerprint density at radius 2 is 2.17 bits per heavy atom. The molecule has 0 unspecified atom stereocenters. The molecular weight excluding hydrogens is 322 g/mol. The molecule has 18 heavy (non-hydrogen) atoms. The molecule has 0 atom stereocenters. The SMILES string of the molecule is N#Cc1ccnc(Oc2cc(F)c(Cl)cc2Br)c1. The van der Waals surface area contributed by atoms with E-state index in [4.69, 9.17) is 21.6 Å². The topological polar surface area (TPSA) is 45.9 Å². The first-order chi connectivity index (χ1) is 8.60. The number of aromatic nitrogens is 1. The van der Waals surface area contributed by atoms with Gasteiger partial charge in [0.1, 0.15) is 11.6 Å². The molecule has 0 saturated heterocycles. The normalized spacial score (nSPS) is 9.89. The molecule has 90 valence electrons. The van der Waals surface area contributed by atoms with Crippen LogP contribution in [0.3, 0.4) is 0 Å². The second kappa shape index (κ2) is 5.34. The van der Waals surface area contributed by atoms with E-state index >= 15 is 0 Å². The first-order valence-corrected chi connectivity index (χ1v) is 5.96. The van der Waals surface area contributed by atoms with Crippen LogP contribution in [-0.4, -0.2) is 4.98 Å². The maximum atomic E-state index is 13.3. The fourth-order valence-electron chi connectivity index (χ4n) is 1.23. The fourth-order valence-corrected chi connectivity index (χ4v) is 1.95. The molecule has 0 bridgehead atoms. The molecule has 1 aromatic carbocycles. The van der Waals surface area contributed by atoms with Gasteiger partial charge in [-0.25, -0.2) is 9.37 Å². The lowest BCUT2D eigenvalue weighted by Gasteiger charge is -2.07. The summed E-state index contributed by atoms with van der Waals surface area (Å²) in [4.78, 5) is 3.93. The van der Waals surface area contributed by atoms with Crippen molar-refractivity contribution in [3.8, 4) is 17.7 Å². The summed E-state index contributed by atoms with van der Waals surface area (Å²) in [6.07, 6.45) is 1.44. The lowest BCUT2D eigenvalue weighted by Crippen LogP contribution is -1.91. The zero-order chi connectivity index (χ0) is 13.1. The molecule has 1 heterocycles. The van der Waals surface area contributed by atoms with Gasteiger partial charge in [-0.15, -0.1) is 0 Å². The van der Waals surface area contributed by atoms with Gasteiger partial charge in [-0.1, -0.05) is 11.6 Å². The van der Waals surface area contributed by atoms with E-state index in [1.165, 1.54) is 18.3 Å². The summed E-state index contributed by atoms with van der Waals surface area (Å²) in [5.41, 5.74) is 0.408. The van der Waals surface area contributed by atoms with E-state index in [2.05, 4.69) is 20.9 Å². The van der Waals surface area contributed by atoms with Crippen LogP contribution in [0, 0.1) is 17.1 Å². The Kier molecular flexibility index (Phi) is 3.80. The Labute approximate surface area is 116 Å². The number of nitrogens with zero attached hydrogens (tertiary/aromatic N) is 2. The number of rotatable bonds is 2. The van der Waals surface area contributed by atoms with Crippen LogP contribution in [-0.2, 0) is 0 Å². The number of halogens is 3. The van der Waals surface area contributed by atoms with Gasteiger partial charge in [0.05, 0.1) is 21.1 Å². The first kappa shape index (κ1) is 12.8. The van der Waals surface area contributed by atoms with Gasteiger partial charge in [0.15, 0.2) is 0 Å². The highest BCUT2D eigenvalue weighted by molar-refractivity contribution is 9.10. The Balaban J connectivity index is 2.34. The van der Waals surface area contributed by atoms with Crippen LogP contribution in [0.4, 0.5) is 4.39 Å². The maximum Gasteiger partial charge on any atom is 0.220 e. The molecule has 0 aliphatic rings. The van der Waals surface area contributed by atoms with Gasteiger partial charge in [-0.05, 0) is 28.1 Å². The number of hydrogen-bond donors (Lipinski definition) is 0.